The number of hydrogen-bond donors (Lipinski definition) is 1. The van der Waals surface area contributed by atoms with Gasteiger partial charge in [-0.2, -0.15) is 0 Å². The second kappa shape index (κ2) is 5.70. The molecule has 0 aliphatic heterocycles. The molecule has 1 N–H and O–H groups in total. The molecule has 0 fully saturated rings. The van der Waals surface area contributed by atoms with Gasteiger partial charge in [-0.3, -0.25) is 4.79 Å². The molecule has 1 aromatic heterocycles. The fraction of sp³-hybridized carbons (Fsp3) is 0.154. The van der Waals surface area contributed by atoms with Crippen LogP contribution in [0, 0.1) is 11.6 Å². The number of hydrogen-bond acceptors (Lipinski definition) is 4. The van der Waals surface area contributed by atoms with E-state index in [1.165, 1.54) is 13.2 Å². The van der Waals surface area contributed by atoms with Gasteiger partial charge in [0, 0.05) is 6.07 Å². The lowest BCUT2D eigenvalue weighted by Crippen LogP contribution is -2.29. The van der Waals surface area contributed by atoms with E-state index in [1.54, 1.807) is 0 Å². The Bertz CT molecular complexity index is 758. The van der Waals surface area contributed by atoms with Crippen molar-refractivity contribution in [2.24, 2.45) is 0 Å². The Hall–Kier alpha value is -2.77. The minimum atomic E-state index is -1.43. The number of carboxylic acid groups (broad SMARTS) is 1. The van der Waals surface area contributed by atoms with Crippen molar-refractivity contribution in [1.29, 1.82) is 0 Å². The van der Waals surface area contributed by atoms with Crippen LogP contribution in [0.4, 0.5) is 8.78 Å². The number of halogens is 2. The van der Waals surface area contributed by atoms with E-state index in [1.807, 2.05) is 0 Å². The zero-order chi connectivity index (χ0) is 15.6. The summed E-state index contributed by atoms with van der Waals surface area (Å²) in [6.45, 7) is -0.215. The number of aromatic carboxylic acids is 1. The summed E-state index contributed by atoms with van der Waals surface area (Å²) in [4.78, 5) is 22.9. The Balaban J connectivity index is 2.48. The zero-order valence-corrected chi connectivity index (χ0v) is 10.8. The van der Waals surface area contributed by atoms with Crippen LogP contribution in [-0.2, 0) is 6.54 Å². The van der Waals surface area contributed by atoms with Crippen molar-refractivity contribution in [3.8, 4) is 5.88 Å². The molecule has 0 spiro atoms. The van der Waals surface area contributed by atoms with Crippen LogP contribution in [0.3, 0.4) is 0 Å². The van der Waals surface area contributed by atoms with E-state index in [2.05, 4.69) is 5.10 Å². The molecule has 0 aliphatic rings. The van der Waals surface area contributed by atoms with E-state index in [4.69, 9.17) is 9.84 Å². The molecule has 0 bridgehead atoms. The second-order valence-corrected chi connectivity index (χ2v) is 4.12. The fourth-order valence-electron chi connectivity index (χ4n) is 1.69. The molecule has 110 valence electrons. The maximum absolute atomic E-state index is 13.1. The van der Waals surface area contributed by atoms with E-state index >= 15 is 0 Å². The molecule has 21 heavy (non-hydrogen) atoms. The predicted octanol–water partition coefficient (Wildman–Crippen LogP) is 1.28. The number of carbonyl (C=O) groups is 1. The van der Waals surface area contributed by atoms with E-state index in [0.29, 0.717) is 0 Å². The van der Waals surface area contributed by atoms with Gasteiger partial charge >= 0.3 is 5.97 Å². The van der Waals surface area contributed by atoms with Crippen LogP contribution in [0.15, 0.2) is 29.1 Å². The number of carboxylic acids is 1. The van der Waals surface area contributed by atoms with E-state index in [0.717, 1.165) is 22.9 Å². The molecule has 0 unspecified atom stereocenters. The highest BCUT2D eigenvalue weighted by Gasteiger charge is 2.15. The molecule has 2 rings (SSSR count). The topological polar surface area (TPSA) is 81.4 Å². The third kappa shape index (κ3) is 3.04. The lowest BCUT2D eigenvalue weighted by Gasteiger charge is -2.08. The molecule has 0 radical (unpaired) electrons. The average Bonchev–Trinajstić information content (AvgIpc) is 2.44. The van der Waals surface area contributed by atoms with Crippen molar-refractivity contribution in [3.05, 3.63) is 57.4 Å². The van der Waals surface area contributed by atoms with Crippen molar-refractivity contribution in [3.63, 3.8) is 0 Å². The summed E-state index contributed by atoms with van der Waals surface area (Å²) in [7, 11) is 1.26. The summed E-state index contributed by atoms with van der Waals surface area (Å²) in [5.74, 6) is -3.59. The van der Waals surface area contributed by atoms with Gasteiger partial charge in [-0.25, -0.2) is 18.3 Å². The van der Waals surface area contributed by atoms with E-state index in [-0.39, 0.29) is 18.0 Å². The van der Waals surface area contributed by atoms with Gasteiger partial charge in [-0.1, -0.05) is 6.07 Å². The van der Waals surface area contributed by atoms with Crippen molar-refractivity contribution >= 4 is 5.97 Å². The van der Waals surface area contributed by atoms with Crippen molar-refractivity contribution in [2.45, 2.75) is 6.54 Å². The highest BCUT2D eigenvalue weighted by Crippen LogP contribution is 2.11. The SMILES string of the molecule is COc1cc(C(=O)O)c(=O)n(Cc2ccc(F)c(F)c2)n1. The minimum Gasteiger partial charge on any atom is -0.480 e. The first-order valence-corrected chi connectivity index (χ1v) is 5.75. The van der Waals surface area contributed by atoms with Gasteiger partial charge in [0.2, 0.25) is 5.88 Å². The van der Waals surface area contributed by atoms with Crippen LogP contribution in [0.2, 0.25) is 0 Å². The predicted molar refractivity (Wildman–Crippen MR) is 67.5 cm³/mol. The zero-order valence-electron chi connectivity index (χ0n) is 10.8. The maximum Gasteiger partial charge on any atom is 0.341 e. The molecular weight excluding hydrogens is 286 g/mol. The van der Waals surface area contributed by atoms with Crippen LogP contribution in [0.25, 0.3) is 0 Å². The first-order chi connectivity index (χ1) is 9.92. The quantitative estimate of drug-likeness (QED) is 0.919. The molecule has 2 aromatic rings. The smallest absolute Gasteiger partial charge is 0.341 e. The first kappa shape index (κ1) is 14.6. The van der Waals surface area contributed by atoms with Gasteiger partial charge in [0.15, 0.2) is 11.6 Å². The highest BCUT2D eigenvalue weighted by molar-refractivity contribution is 5.87. The van der Waals surface area contributed by atoms with E-state index < -0.39 is 28.7 Å². The third-order valence-corrected chi connectivity index (χ3v) is 2.71. The Kier molecular flexibility index (Phi) is 3.97. The van der Waals surface area contributed by atoms with Crippen molar-refractivity contribution < 1.29 is 23.4 Å². The molecule has 0 aliphatic carbocycles. The molecule has 0 saturated carbocycles. The van der Waals surface area contributed by atoms with Crippen molar-refractivity contribution in [2.75, 3.05) is 7.11 Å². The summed E-state index contributed by atoms with van der Waals surface area (Å²) in [5, 5.41) is 12.7. The van der Waals surface area contributed by atoms with Gasteiger partial charge in [0.1, 0.15) is 5.56 Å². The maximum atomic E-state index is 13.1. The summed E-state index contributed by atoms with van der Waals surface area (Å²) in [6, 6.07) is 4.08. The van der Waals surface area contributed by atoms with Crippen LogP contribution in [0.5, 0.6) is 5.88 Å². The lowest BCUT2D eigenvalue weighted by atomic mass is 10.2. The Morgan fingerprint density at radius 3 is 2.62 bits per heavy atom. The molecule has 1 heterocycles. The van der Waals surface area contributed by atoms with Gasteiger partial charge in [0.05, 0.1) is 13.7 Å². The van der Waals surface area contributed by atoms with Gasteiger partial charge in [-0.15, -0.1) is 5.10 Å². The first-order valence-electron chi connectivity index (χ1n) is 5.75. The number of ether oxygens (including phenoxy) is 1. The molecular formula is C13H10F2N2O4. The summed E-state index contributed by atoms with van der Waals surface area (Å²) in [6.07, 6.45) is 0. The monoisotopic (exact) mass is 296 g/mol. The number of aromatic nitrogens is 2. The van der Waals surface area contributed by atoms with Crippen LogP contribution >= 0.6 is 0 Å². The fourth-order valence-corrected chi connectivity index (χ4v) is 1.69. The third-order valence-electron chi connectivity index (χ3n) is 2.71. The highest BCUT2D eigenvalue weighted by atomic mass is 19.2. The van der Waals surface area contributed by atoms with Crippen molar-refractivity contribution in [1.82, 2.24) is 9.78 Å². The number of benzene rings is 1. The second-order valence-electron chi connectivity index (χ2n) is 4.12. The minimum absolute atomic E-state index is 0.0745. The Labute approximate surface area is 117 Å². The normalized spacial score (nSPS) is 10.4. The average molecular weight is 296 g/mol. The Morgan fingerprint density at radius 2 is 2.05 bits per heavy atom. The molecule has 8 heteroatoms. The number of rotatable bonds is 4. The van der Waals surface area contributed by atoms with Crippen LogP contribution < -0.4 is 10.3 Å². The molecule has 0 amide bonds. The van der Waals surface area contributed by atoms with E-state index in [9.17, 15) is 18.4 Å². The standard InChI is InChI=1S/C13H10F2N2O4/c1-21-11-5-8(13(19)20)12(18)17(16-11)6-7-2-3-9(14)10(15)4-7/h2-5H,6H2,1H3,(H,19,20). The molecule has 0 atom stereocenters. The lowest BCUT2D eigenvalue weighted by molar-refractivity contribution is 0.0693. The summed E-state index contributed by atoms with van der Waals surface area (Å²) in [5.41, 5.74) is -1.13. The van der Waals surface area contributed by atoms with Gasteiger partial charge < -0.3 is 9.84 Å². The summed E-state index contributed by atoms with van der Waals surface area (Å²) < 4.78 is 31.6. The Morgan fingerprint density at radius 1 is 1.33 bits per heavy atom. The number of methoxy groups -OCH3 is 1. The van der Waals surface area contributed by atoms with Gasteiger partial charge in [-0.05, 0) is 17.7 Å². The van der Waals surface area contributed by atoms with Crippen LogP contribution in [0.1, 0.15) is 15.9 Å². The molecule has 0 saturated heterocycles. The largest absolute Gasteiger partial charge is 0.480 e. The van der Waals surface area contributed by atoms with Gasteiger partial charge in [0.25, 0.3) is 5.56 Å². The number of nitrogens with zero attached hydrogens (tertiary/aromatic N) is 2. The summed E-state index contributed by atoms with van der Waals surface area (Å²) >= 11 is 0. The van der Waals surface area contributed by atoms with Crippen LogP contribution in [-0.4, -0.2) is 28.0 Å². The molecule has 1 aromatic carbocycles. The molecule has 6 nitrogen and oxygen atoms in total.